The topological polar surface area (TPSA) is 138 Å². The fraction of sp³-hybridized carbons (Fsp3) is 0.586. The van der Waals surface area contributed by atoms with Crippen molar-refractivity contribution in [2.24, 2.45) is 5.92 Å². The molecule has 39 heavy (non-hydrogen) atoms. The Labute approximate surface area is 228 Å². The molecular weight excluding hydrogens is 502 g/mol. The summed E-state index contributed by atoms with van der Waals surface area (Å²) in [6.07, 6.45) is 7.09. The normalized spacial score (nSPS) is 20.8. The number of nitrogens with zero attached hydrogens (tertiary/aromatic N) is 1. The second-order valence-corrected chi connectivity index (χ2v) is 10.7. The molecule has 1 saturated heterocycles. The smallest absolute Gasteiger partial charge is 0.336 e. The Morgan fingerprint density at radius 3 is 2.74 bits per heavy atom. The standard InChI is InChI=1S/C29H39N3O7/c1-3-4-7-20-14-27(36)39-28-19(2)23(10-9-22(20)28)38-18-25(34)30-15-24(33)31-16-26(35)32-13-12-29(37)11-6-5-8-21(29)17-32/h9-10,14,21,37H,3-8,11-13,15-18H2,1-2H3,(H,30,34)(H,31,33)/t21-,29+/m0/s1. The first-order chi connectivity index (χ1) is 18.7. The number of unbranched alkanes of at least 4 members (excludes halogenated alkanes) is 1. The highest BCUT2D eigenvalue weighted by atomic mass is 16.5. The van der Waals surface area contributed by atoms with Crippen molar-refractivity contribution in [3.05, 3.63) is 39.7 Å². The van der Waals surface area contributed by atoms with Crippen LogP contribution in [0.5, 0.6) is 5.75 Å². The number of piperidine rings is 1. The summed E-state index contributed by atoms with van der Waals surface area (Å²) < 4.78 is 11.1. The number of ether oxygens (including phenoxy) is 1. The molecule has 3 amide bonds. The lowest BCUT2D eigenvalue weighted by Crippen LogP contribution is -2.56. The number of rotatable bonds is 10. The van der Waals surface area contributed by atoms with Gasteiger partial charge in [-0.1, -0.05) is 26.2 Å². The molecule has 0 radical (unpaired) electrons. The van der Waals surface area contributed by atoms with Crippen molar-refractivity contribution < 1.29 is 28.6 Å². The largest absolute Gasteiger partial charge is 0.483 e. The summed E-state index contributed by atoms with van der Waals surface area (Å²) in [6.45, 7) is 4.08. The van der Waals surface area contributed by atoms with Crippen LogP contribution in [0.2, 0.25) is 0 Å². The number of carbonyl (C=O) groups excluding carboxylic acids is 3. The van der Waals surface area contributed by atoms with Crippen molar-refractivity contribution in [1.82, 2.24) is 15.5 Å². The zero-order valence-electron chi connectivity index (χ0n) is 22.8. The molecule has 1 saturated carbocycles. The molecule has 1 aliphatic heterocycles. The van der Waals surface area contributed by atoms with Crippen LogP contribution >= 0.6 is 0 Å². The summed E-state index contributed by atoms with van der Waals surface area (Å²) >= 11 is 0. The van der Waals surface area contributed by atoms with Gasteiger partial charge in [0.05, 0.1) is 18.7 Å². The van der Waals surface area contributed by atoms with E-state index in [1.54, 1.807) is 17.9 Å². The van der Waals surface area contributed by atoms with E-state index >= 15 is 0 Å². The molecule has 212 valence electrons. The van der Waals surface area contributed by atoms with Gasteiger partial charge in [-0.15, -0.1) is 0 Å². The van der Waals surface area contributed by atoms with Crippen molar-refractivity contribution in [3.63, 3.8) is 0 Å². The van der Waals surface area contributed by atoms with E-state index in [1.165, 1.54) is 6.07 Å². The number of hydrogen-bond acceptors (Lipinski definition) is 7. The van der Waals surface area contributed by atoms with Crippen molar-refractivity contribution >= 4 is 28.7 Å². The van der Waals surface area contributed by atoms with Gasteiger partial charge in [-0.3, -0.25) is 14.4 Å². The number of carbonyl (C=O) groups is 3. The Kier molecular flexibility index (Phi) is 9.27. The second-order valence-electron chi connectivity index (χ2n) is 10.7. The van der Waals surface area contributed by atoms with Gasteiger partial charge in [-0.25, -0.2) is 4.79 Å². The fourth-order valence-electron chi connectivity index (χ4n) is 5.66. The van der Waals surface area contributed by atoms with Crippen LogP contribution in [0.3, 0.4) is 0 Å². The molecule has 3 N–H and O–H groups in total. The number of aliphatic hydroxyl groups is 1. The van der Waals surface area contributed by atoms with Gasteiger partial charge in [0.2, 0.25) is 11.8 Å². The van der Waals surface area contributed by atoms with Crippen molar-refractivity contribution in [1.29, 1.82) is 0 Å². The van der Waals surface area contributed by atoms with E-state index in [9.17, 15) is 24.3 Å². The third-order valence-corrected chi connectivity index (χ3v) is 8.02. The van der Waals surface area contributed by atoms with Gasteiger partial charge in [0.1, 0.15) is 11.3 Å². The monoisotopic (exact) mass is 541 g/mol. The van der Waals surface area contributed by atoms with Gasteiger partial charge < -0.3 is 29.8 Å². The number of amides is 3. The first-order valence-electron chi connectivity index (χ1n) is 13.9. The minimum atomic E-state index is -0.665. The van der Waals surface area contributed by atoms with Crippen LogP contribution in [-0.4, -0.2) is 66.1 Å². The van der Waals surface area contributed by atoms with Crippen molar-refractivity contribution in [2.75, 3.05) is 32.8 Å². The number of benzene rings is 1. The van der Waals surface area contributed by atoms with Crippen LogP contribution in [0.4, 0.5) is 0 Å². The Hall–Kier alpha value is -3.40. The highest BCUT2D eigenvalue weighted by molar-refractivity contribution is 5.89. The third-order valence-electron chi connectivity index (χ3n) is 8.02. The third kappa shape index (κ3) is 6.98. The molecule has 2 atom stereocenters. The van der Waals surface area contributed by atoms with E-state index < -0.39 is 23.0 Å². The van der Waals surface area contributed by atoms with Crippen LogP contribution in [-0.2, 0) is 20.8 Å². The Morgan fingerprint density at radius 1 is 1.15 bits per heavy atom. The zero-order chi connectivity index (χ0) is 28.0. The second kappa shape index (κ2) is 12.6. The lowest BCUT2D eigenvalue weighted by molar-refractivity contribution is -0.143. The average molecular weight is 542 g/mol. The lowest BCUT2D eigenvalue weighted by atomic mass is 9.71. The fourth-order valence-corrected chi connectivity index (χ4v) is 5.66. The number of fused-ring (bicyclic) bond motifs is 2. The summed E-state index contributed by atoms with van der Waals surface area (Å²) in [5.74, 6) is -0.672. The van der Waals surface area contributed by atoms with Gasteiger partial charge in [-0.05, 0) is 56.7 Å². The quantitative estimate of drug-likeness (QED) is 0.392. The molecule has 10 nitrogen and oxygen atoms in total. The molecule has 2 aromatic rings. The molecule has 1 aromatic heterocycles. The van der Waals surface area contributed by atoms with Crippen LogP contribution in [0.25, 0.3) is 11.0 Å². The van der Waals surface area contributed by atoms with Gasteiger partial charge in [0.15, 0.2) is 6.61 Å². The molecule has 10 heteroatoms. The maximum absolute atomic E-state index is 12.6. The predicted molar refractivity (Wildman–Crippen MR) is 145 cm³/mol. The van der Waals surface area contributed by atoms with Crippen LogP contribution in [0, 0.1) is 12.8 Å². The molecule has 2 aliphatic rings. The van der Waals surface area contributed by atoms with Crippen LogP contribution in [0.1, 0.15) is 63.0 Å². The summed E-state index contributed by atoms with van der Waals surface area (Å²) in [5, 5.41) is 16.7. The zero-order valence-corrected chi connectivity index (χ0v) is 22.8. The van der Waals surface area contributed by atoms with Gasteiger partial charge in [-0.2, -0.15) is 0 Å². The number of likely N-dealkylation sites (tertiary alicyclic amines) is 1. The Bertz CT molecular complexity index is 1270. The minimum Gasteiger partial charge on any atom is -0.483 e. The molecule has 0 unspecified atom stereocenters. The van der Waals surface area contributed by atoms with Crippen LogP contribution < -0.4 is 21.0 Å². The number of nitrogens with one attached hydrogen (secondary N) is 2. The van der Waals surface area contributed by atoms with E-state index in [0.717, 1.165) is 55.9 Å². The predicted octanol–water partition coefficient (Wildman–Crippen LogP) is 2.21. The molecular formula is C29H39N3O7. The van der Waals surface area contributed by atoms with E-state index in [-0.39, 0.29) is 31.5 Å². The van der Waals surface area contributed by atoms with Gasteiger partial charge in [0, 0.05) is 36.0 Å². The van der Waals surface area contributed by atoms with Crippen molar-refractivity contribution in [3.8, 4) is 5.75 Å². The molecule has 4 rings (SSSR count). The summed E-state index contributed by atoms with van der Waals surface area (Å²) in [5.41, 5.74) is 0.901. The molecule has 0 bridgehead atoms. The Balaban J connectivity index is 1.22. The van der Waals surface area contributed by atoms with E-state index in [1.807, 2.05) is 6.07 Å². The highest BCUT2D eigenvalue weighted by Gasteiger charge is 2.43. The average Bonchev–Trinajstić information content (AvgIpc) is 2.92. The van der Waals surface area contributed by atoms with E-state index in [0.29, 0.717) is 36.4 Å². The SMILES string of the molecule is CCCCc1cc(=O)oc2c(C)c(OCC(=O)NCC(=O)NCC(=O)N3CC[C@]4(O)CCCC[C@H]4C3)ccc12. The van der Waals surface area contributed by atoms with Gasteiger partial charge in [0.25, 0.3) is 5.91 Å². The number of aryl methyl sites for hydroxylation is 2. The van der Waals surface area contributed by atoms with Crippen LogP contribution in [0.15, 0.2) is 27.4 Å². The molecule has 1 aliphatic carbocycles. The molecule has 1 aromatic carbocycles. The van der Waals surface area contributed by atoms with Crippen molar-refractivity contribution in [2.45, 2.75) is 70.8 Å². The maximum Gasteiger partial charge on any atom is 0.336 e. The number of hydrogen-bond donors (Lipinski definition) is 3. The lowest BCUT2D eigenvalue weighted by Gasteiger charge is -2.47. The summed E-state index contributed by atoms with van der Waals surface area (Å²) in [7, 11) is 0. The summed E-state index contributed by atoms with van der Waals surface area (Å²) in [6, 6.07) is 5.09. The summed E-state index contributed by atoms with van der Waals surface area (Å²) in [4.78, 5) is 50.8. The van der Waals surface area contributed by atoms with E-state index in [4.69, 9.17) is 9.15 Å². The highest BCUT2D eigenvalue weighted by Crippen LogP contribution is 2.39. The first-order valence-corrected chi connectivity index (χ1v) is 13.9. The first kappa shape index (κ1) is 28.6. The Morgan fingerprint density at radius 2 is 1.95 bits per heavy atom. The maximum atomic E-state index is 12.6. The minimum absolute atomic E-state index is 0.0873. The van der Waals surface area contributed by atoms with E-state index in [2.05, 4.69) is 17.6 Å². The molecule has 2 fully saturated rings. The molecule has 0 spiro atoms. The molecule has 2 heterocycles. The van der Waals surface area contributed by atoms with Gasteiger partial charge >= 0.3 is 5.63 Å².